The van der Waals surface area contributed by atoms with E-state index in [9.17, 15) is 19.3 Å². The Kier molecular flexibility index (Phi) is 3.99. The molecule has 0 amide bonds. The molecule has 0 radical (unpaired) electrons. The largest absolute Gasteiger partial charge is 0.482 e. The number of hydrogen-bond donors (Lipinski definition) is 0. The molecule has 0 aliphatic heterocycles. The minimum absolute atomic E-state index is 0.0520. The summed E-state index contributed by atoms with van der Waals surface area (Å²) >= 11 is 0. The smallest absolute Gasteiger partial charge is 0.310 e. The molecule has 0 fully saturated rings. The summed E-state index contributed by atoms with van der Waals surface area (Å²) in [5, 5.41) is 10.9. The number of aromatic nitrogens is 1. The van der Waals surface area contributed by atoms with E-state index < -0.39 is 10.7 Å². The third-order valence-corrected chi connectivity index (χ3v) is 2.47. The number of nitrogens with zero attached hydrogens (tertiary/aromatic N) is 2. The molecule has 7 heteroatoms. The van der Waals surface area contributed by atoms with E-state index in [-0.39, 0.29) is 23.6 Å². The number of halogens is 1. The molecule has 2 rings (SSSR count). The maximum Gasteiger partial charge on any atom is 0.310 e. The average molecular weight is 276 g/mol. The summed E-state index contributed by atoms with van der Waals surface area (Å²) in [6, 6.07) is 4.98. The molecule has 0 N–H and O–H groups in total. The molecule has 0 aliphatic rings. The monoisotopic (exact) mass is 276 g/mol. The highest BCUT2D eigenvalue weighted by Gasteiger charge is 2.15. The molecule has 102 valence electrons. The standard InChI is InChI=1S/C13H9FN2O4/c14-11-3-10(5-15-6-11)8-20-13-4-9(7-17)1-2-12(13)16(18)19/h1-7H,8H2. The van der Waals surface area contributed by atoms with Crippen LogP contribution in [0.25, 0.3) is 0 Å². The van der Waals surface area contributed by atoms with Gasteiger partial charge in [0.05, 0.1) is 11.1 Å². The van der Waals surface area contributed by atoms with Gasteiger partial charge >= 0.3 is 5.69 Å². The maximum absolute atomic E-state index is 12.9. The normalized spacial score (nSPS) is 10.1. The molecule has 0 bridgehead atoms. The number of hydrogen-bond acceptors (Lipinski definition) is 5. The van der Waals surface area contributed by atoms with Crippen molar-refractivity contribution >= 4 is 12.0 Å². The predicted octanol–water partition coefficient (Wildman–Crippen LogP) is 2.52. The Morgan fingerprint density at radius 2 is 2.15 bits per heavy atom. The Balaban J connectivity index is 2.23. The van der Waals surface area contributed by atoms with Crippen LogP contribution in [-0.2, 0) is 6.61 Å². The fraction of sp³-hybridized carbons (Fsp3) is 0.0769. The van der Waals surface area contributed by atoms with Crippen LogP contribution in [0.5, 0.6) is 5.75 Å². The lowest BCUT2D eigenvalue weighted by Gasteiger charge is -2.07. The van der Waals surface area contributed by atoms with Gasteiger partial charge in [0.25, 0.3) is 0 Å². The van der Waals surface area contributed by atoms with Crippen LogP contribution < -0.4 is 4.74 Å². The van der Waals surface area contributed by atoms with Crippen molar-refractivity contribution in [3.8, 4) is 5.75 Å². The topological polar surface area (TPSA) is 82.3 Å². The summed E-state index contributed by atoms with van der Waals surface area (Å²) in [6.45, 7) is -0.0894. The molecule has 0 atom stereocenters. The number of carbonyl (C=O) groups is 1. The molecule has 1 heterocycles. The van der Waals surface area contributed by atoms with Gasteiger partial charge < -0.3 is 4.74 Å². The van der Waals surface area contributed by atoms with Crippen molar-refractivity contribution in [1.82, 2.24) is 4.98 Å². The van der Waals surface area contributed by atoms with Crippen molar-refractivity contribution < 1.29 is 18.8 Å². The molecule has 1 aromatic carbocycles. The van der Waals surface area contributed by atoms with Crippen molar-refractivity contribution in [2.45, 2.75) is 6.61 Å². The summed E-state index contributed by atoms with van der Waals surface area (Å²) in [5.41, 5.74) is 0.415. The highest BCUT2D eigenvalue weighted by Crippen LogP contribution is 2.28. The number of nitro groups is 1. The third-order valence-electron chi connectivity index (χ3n) is 2.47. The van der Waals surface area contributed by atoms with Crippen molar-refractivity contribution in [1.29, 1.82) is 0 Å². The molecular weight excluding hydrogens is 267 g/mol. The maximum atomic E-state index is 12.9. The number of ether oxygens (including phenoxy) is 1. The zero-order valence-electron chi connectivity index (χ0n) is 10.2. The van der Waals surface area contributed by atoms with Crippen LogP contribution in [0.2, 0.25) is 0 Å². The number of aldehydes is 1. The average Bonchev–Trinajstić information content (AvgIpc) is 2.44. The van der Waals surface area contributed by atoms with Gasteiger partial charge in [0, 0.05) is 23.4 Å². The van der Waals surface area contributed by atoms with Gasteiger partial charge in [0.1, 0.15) is 18.7 Å². The van der Waals surface area contributed by atoms with Crippen LogP contribution >= 0.6 is 0 Å². The number of rotatable bonds is 5. The molecule has 2 aromatic rings. The van der Waals surface area contributed by atoms with Gasteiger partial charge in [-0.25, -0.2) is 4.39 Å². The van der Waals surface area contributed by atoms with Gasteiger partial charge in [0.15, 0.2) is 5.75 Å². The van der Waals surface area contributed by atoms with E-state index in [1.807, 2.05) is 0 Å². The van der Waals surface area contributed by atoms with Crippen molar-refractivity contribution in [3.05, 3.63) is 63.7 Å². The lowest BCUT2D eigenvalue weighted by atomic mass is 10.2. The SMILES string of the molecule is O=Cc1ccc([N+](=O)[O-])c(OCc2cncc(F)c2)c1. The fourth-order valence-electron chi connectivity index (χ4n) is 1.57. The molecular formula is C13H9FN2O4. The summed E-state index contributed by atoms with van der Waals surface area (Å²) in [4.78, 5) is 24.6. The molecule has 6 nitrogen and oxygen atoms in total. The van der Waals surface area contributed by atoms with Crippen LogP contribution in [0, 0.1) is 15.9 Å². The summed E-state index contributed by atoms with van der Waals surface area (Å²) in [7, 11) is 0. The summed E-state index contributed by atoms with van der Waals surface area (Å²) < 4.78 is 18.2. The molecule has 0 saturated heterocycles. The van der Waals surface area contributed by atoms with Gasteiger partial charge in [-0.3, -0.25) is 19.9 Å². The van der Waals surface area contributed by atoms with Gasteiger partial charge in [-0.1, -0.05) is 0 Å². The van der Waals surface area contributed by atoms with E-state index in [2.05, 4.69) is 4.98 Å². The quantitative estimate of drug-likeness (QED) is 0.476. The Labute approximate surface area is 113 Å². The molecule has 20 heavy (non-hydrogen) atoms. The van der Waals surface area contributed by atoms with Crippen molar-refractivity contribution in [2.24, 2.45) is 0 Å². The van der Waals surface area contributed by atoms with Crippen molar-refractivity contribution in [2.75, 3.05) is 0 Å². The molecule has 0 aliphatic carbocycles. The highest BCUT2D eigenvalue weighted by molar-refractivity contribution is 5.76. The van der Waals surface area contributed by atoms with Crippen molar-refractivity contribution in [3.63, 3.8) is 0 Å². The summed E-state index contributed by atoms with van der Waals surface area (Å²) in [6.07, 6.45) is 2.98. The van der Waals surface area contributed by atoms with Gasteiger partial charge in [-0.2, -0.15) is 0 Å². The third kappa shape index (κ3) is 3.14. The number of carbonyl (C=O) groups excluding carboxylic acids is 1. The van der Waals surface area contributed by atoms with Crippen LogP contribution in [0.4, 0.5) is 10.1 Å². The zero-order valence-corrected chi connectivity index (χ0v) is 10.2. The Morgan fingerprint density at radius 3 is 2.80 bits per heavy atom. The van der Waals surface area contributed by atoms with E-state index in [1.165, 1.54) is 30.5 Å². The lowest BCUT2D eigenvalue weighted by molar-refractivity contribution is -0.385. The Bertz CT molecular complexity index is 661. The van der Waals surface area contributed by atoms with Crippen LogP contribution in [-0.4, -0.2) is 16.2 Å². The molecule has 0 unspecified atom stereocenters. The van der Waals surface area contributed by atoms with Crippen LogP contribution in [0.15, 0.2) is 36.7 Å². The van der Waals surface area contributed by atoms with E-state index in [4.69, 9.17) is 4.74 Å². The first kappa shape index (κ1) is 13.6. The first-order chi connectivity index (χ1) is 9.60. The second-order valence-electron chi connectivity index (χ2n) is 3.90. The van der Waals surface area contributed by atoms with E-state index in [0.717, 1.165) is 6.20 Å². The molecule has 0 spiro atoms. The Morgan fingerprint density at radius 1 is 1.35 bits per heavy atom. The minimum atomic E-state index is -0.617. The number of pyridine rings is 1. The first-order valence-corrected chi connectivity index (χ1v) is 5.56. The van der Waals surface area contributed by atoms with E-state index in [0.29, 0.717) is 11.8 Å². The van der Waals surface area contributed by atoms with Gasteiger partial charge in [0.2, 0.25) is 0 Å². The number of nitro benzene ring substituents is 1. The van der Waals surface area contributed by atoms with E-state index >= 15 is 0 Å². The lowest BCUT2D eigenvalue weighted by Crippen LogP contribution is -2.00. The van der Waals surface area contributed by atoms with Crippen LogP contribution in [0.3, 0.4) is 0 Å². The second-order valence-corrected chi connectivity index (χ2v) is 3.90. The fourth-order valence-corrected chi connectivity index (χ4v) is 1.57. The van der Waals surface area contributed by atoms with Gasteiger partial charge in [-0.05, 0) is 18.2 Å². The molecule has 1 aromatic heterocycles. The summed E-state index contributed by atoms with van der Waals surface area (Å²) in [5.74, 6) is -0.578. The zero-order chi connectivity index (χ0) is 14.5. The second kappa shape index (κ2) is 5.87. The van der Waals surface area contributed by atoms with Crippen LogP contribution in [0.1, 0.15) is 15.9 Å². The predicted molar refractivity (Wildman–Crippen MR) is 67.0 cm³/mol. The van der Waals surface area contributed by atoms with E-state index in [1.54, 1.807) is 0 Å². The minimum Gasteiger partial charge on any atom is -0.482 e. The van der Waals surface area contributed by atoms with Gasteiger partial charge in [-0.15, -0.1) is 0 Å². The highest BCUT2D eigenvalue weighted by atomic mass is 19.1. The number of benzene rings is 1. The molecule has 0 saturated carbocycles. The Hall–Kier alpha value is -2.83. The first-order valence-electron chi connectivity index (χ1n) is 5.56.